The number of phenolic OH excluding ortho intramolecular Hbond substituents is 1. The summed E-state index contributed by atoms with van der Waals surface area (Å²) in [6, 6.07) is 17.2. The molecular formula is C36H44N4O6S. The first-order valence-electron chi connectivity index (χ1n) is 16.5. The highest BCUT2D eigenvalue weighted by Crippen LogP contribution is 2.44. The van der Waals surface area contributed by atoms with Gasteiger partial charge in [0.25, 0.3) is 5.91 Å². The van der Waals surface area contributed by atoms with Crippen molar-refractivity contribution in [3.63, 3.8) is 0 Å². The van der Waals surface area contributed by atoms with Crippen LogP contribution in [0.4, 0.5) is 5.69 Å². The maximum Gasteiger partial charge on any atom is 0.262 e. The molecule has 2 aromatic heterocycles. The minimum Gasteiger partial charge on any atom is -0.506 e. The Bertz CT molecular complexity index is 1640. The maximum atomic E-state index is 12.1. The van der Waals surface area contributed by atoms with Crippen LogP contribution in [0.2, 0.25) is 0 Å². The second-order valence-electron chi connectivity index (χ2n) is 12.6. The van der Waals surface area contributed by atoms with Crippen LogP contribution in [0.25, 0.3) is 0 Å². The van der Waals surface area contributed by atoms with Crippen molar-refractivity contribution in [1.29, 1.82) is 0 Å². The summed E-state index contributed by atoms with van der Waals surface area (Å²) in [6.07, 6.45) is 7.81. The van der Waals surface area contributed by atoms with Crippen LogP contribution in [-0.4, -0.2) is 64.4 Å². The van der Waals surface area contributed by atoms with Crippen LogP contribution in [0.15, 0.2) is 65.2 Å². The molecule has 0 saturated heterocycles. The zero-order chi connectivity index (χ0) is 32.8. The Kier molecular flexibility index (Phi) is 10.6. The fourth-order valence-electron chi connectivity index (χ4n) is 6.63. The van der Waals surface area contributed by atoms with Crippen molar-refractivity contribution < 1.29 is 29.3 Å². The third-order valence-electron chi connectivity index (χ3n) is 9.20. The molecule has 6 rings (SSSR count). The Hall–Kier alpha value is -3.74. The van der Waals surface area contributed by atoms with E-state index in [0.29, 0.717) is 36.7 Å². The summed E-state index contributed by atoms with van der Waals surface area (Å²) in [6.45, 7) is 2.45. The van der Waals surface area contributed by atoms with Gasteiger partial charge in [0.2, 0.25) is 5.89 Å². The molecule has 1 aliphatic carbocycles. The van der Waals surface area contributed by atoms with Crippen molar-refractivity contribution in [2.24, 2.45) is 5.92 Å². The van der Waals surface area contributed by atoms with E-state index in [9.17, 15) is 20.1 Å². The number of carbonyl (C=O) groups excluding carboxylic acids is 1. The minimum absolute atomic E-state index is 0.0887. The van der Waals surface area contributed by atoms with E-state index >= 15 is 0 Å². The number of nitrogens with zero attached hydrogens (tertiary/aromatic N) is 2. The fraction of sp³-hybridized carbons (Fsp3) is 0.444. The molecule has 4 aromatic rings. The van der Waals surface area contributed by atoms with Crippen molar-refractivity contribution in [3.8, 4) is 11.5 Å². The lowest BCUT2D eigenvalue weighted by atomic mass is 9.73. The summed E-state index contributed by atoms with van der Waals surface area (Å²) >= 11 is 1.78. The first kappa shape index (κ1) is 33.2. The summed E-state index contributed by atoms with van der Waals surface area (Å²) < 4.78 is 11.7. The number of oxazole rings is 1. The third-order valence-corrected chi connectivity index (χ3v) is 10.3. The van der Waals surface area contributed by atoms with Crippen LogP contribution in [0.3, 0.4) is 0 Å². The van der Waals surface area contributed by atoms with Gasteiger partial charge >= 0.3 is 0 Å². The normalized spacial score (nSPS) is 17.1. The summed E-state index contributed by atoms with van der Waals surface area (Å²) in [5.41, 5.74) is 0.345. The zero-order valence-corrected chi connectivity index (χ0v) is 27.6. The van der Waals surface area contributed by atoms with Crippen molar-refractivity contribution in [3.05, 3.63) is 93.3 Å². The summed E-state index contributed by atoms with van der Waals surface area (Å²) in [5, 5.41) is 38.8. The summed E-state index contributed by atoms with van der Waals surface area (Å²) in [5.74, 6) is 1.14. The van der Waals surface area contributed by atoms with E-state index < -0.39 is 11.7 Å². The van der Waals surface area contributed by atoms with Crippen LogP contribution in [0.5, 0.6) is 11.5 Å². The molecule has 250 valence electrons. The summed E-state index contributed by atoms with van der Waals surface area (Å²) in [4.78, 5) is 21.0. The average Bonchev–Trinajstić information content (AvgIpc) is 3.76. The van der Waals surface area contributed by atoms with E-state index in [0.717, 1.165) is 56.5 Å². The molecule has 47 heavy (non-hydrogen) atoms. The molecule has 2 aromatic carbocycles. The van der Waals surface area contributed by atoms with Gasteiger partial charge in [-0.25, -0.2) is 4.98 Å². The monoisotopic (exact) mass is 660 g/mol. The van der Waals surface area contributed by atoms with E-state index in [1.54, 1.807) is 23.6 Å². The van der Waals surface area contributed by atoms with Crippen LogP contribution in [-0.2, 0) is 29.8 Å². The number of likely N-dealkylation sites (N-methyl/N-ethyl adjacent to an activating group) is 1. The van der Waals surface area contributed by atoms with Crippen LogP contribution < -0.4 is 15.4 Å². The van der Waals surface area contributed by atoms with Gasteiger partial charge in [-0.15, -0.1) is 11.3 Å². The number of carbonyl (C=O) groups is 1. The van der Waals surface area contributed by atoms with E-state index in [1.165, 1.54) is 22.2 Å². The molecule has 1 fully saturated rings. The molecule has 0 radical (unpaired) electrons. The van der Waals surface area contributed by atoms with Gasteiger partial charge in [-0.05, 0) is 56.1 Å². The number of anilines is 1. The van der Waals surface area contributed by atoms with E-state index in [4.69, 9.17) is 9.15 Å². The Balaban J connectivity index is 0.968. The number of ether oxygens (including phenoxy) is 1. The highest BCUT2D eigenvalue weighted by molar-refractivity contribution is 7.11. The molecule has 10 nitrogen and oxygen atoms in total. The third kappa shape index (κ3) is 7.71. The molecule has 2 atom stereocenters. The van der Waals surface area contributed by atoms with Gasteiger partial charge in [-0.1, -0.05) is 49.6 Å². The minimum atomic E-state index is -1.22. The van der Waals surface area contributed by atoms with Crippen molar-refractivity contribution in [2.75, 3.05) is 38.6 Å². The van der Waals surface area contributed by atoms with Gasteiger partial charge in [-0.2, -0.15) is 0 Å². The number of aromatic nitrogens is 1. The molecular weight excluding hydrogens is 616 g/mol. The molecule has 1 aliphatic heterocycles. The lowest BCUT2D eigenvalue weighted by Crippen LogP contribution is -2.38. The topological polar surface area (TPSA) is 140 Å². The molecule has 5 N–H and O–H groups in total. The van der Waals surface area contributed by atoms with Crippen molar-refractivity contribution in [1.82, 2.24) is 15.2 Å². The molecule has 0 bridgehead atoms. The first-order chi connectivity index (χ1) is 22.8. The number of phenols is 1. The SMILES string of the molecule is CN(CCc1cnc([C@](O)(c2ccccc2)C2CCCCC2)o1)Cc1ccc(CCNCC(O)c2ccc(O)c3c2OCC(=O)N3)s1. The standard InChI is InChI=1S/C36H44N4O6S/c1-40(19-17-26-20-38-35(46-26)36(44,24-8-4-2-5-9-24)25-10-6-3-7-11-25)22-28-13-12-27(47-28)16-18-37-21-31(42)29-14-15-30(41)33-34(29)45-23-32(43)39-33/h2,4-5,8-9,12-15,20,25,31,37,41-42,44H,3,6-7,10-11,16-19,21-23H2,1H3,(H,39,43)/t31?,36-/m0/s1. The van der Waals surface area contributed by atoms with E-state index in [1.807, 2.05) is 30.3 Å². The van der Waals surface area contributed by atoms with Gasteiger partial charge in [0.1, 0.15) is 17.2 Å². The number of amides is 1. The van der Waals surface area contributed by atoms with Gasteiger partial charge in [0.05, 0.1) is 12.3 Å². The number of aromatic hydroxyl groups is 1. The number of aliphatic hydroxyl groups excluding tert-OH is 1. The maximum absolute atomic E-state index is 12.1. The quantitative estimate of drug-likeness (QED) is 0.0920. The number of aliphatic hydroxyl groups is 2. The Morgan fingerprint density at radius 1 is 1.09 bits per heavy atom. The predicted octanol–water partition coefficient (Wildman–Crippen LogP) is 5.13. The smallest absolute Gasteiger partial charge is 0.262 e. The van der Waals surface area contributed by atoms with Crippen molar-refractivity contribution in [2.45, 2.75) is 63.2 Å². The molecule has 3 heterocycles. The second-order valence-corrected chi connectivity index (χ2v) is 13.9. The molecule has 11 heteroatoms. The summed E-state index contributed by atoms with van der Waals surface area (Å²) in [7, 11) is 2.10. The number of rotatable bonds is 14. The second kappa shape index (κ2) is 15.0. The number of thiophene rings is 1. The Morgan fingerprint density at radius 2 is 1.87 bits per heavy atom. The molecule has 1 saturated carbocycles. The lowest BCUT2D eigenvalue weighted by Gasteiger charge is -2.36. The highest BCUT2D eigenvalue weighted by Gasteiger charge is 2.44. The molecule has 0 spiro atoms. The number of benzene rings is 2. The predicted molar refractivity (Wildman–Crippen MR) is 181 cm³/mol. The van der Waals surface area contributed by atoms with Gasteiger partial charge in [0.15, 0.2) is 18.0 Å². The first-order valence-corrected chi connectivity index (χ1v) is 17.3. The Morgan fingerprint density at radius 3 is 2.68 bits per heavy atom. The number of nitrogens with one attached hydrogen (secondary N) is 2. The largest absolute Gasteiger partial charge is 0.506 e. The Labute approximate surface area is 279 Å². The molecule has 2 aliphatic rings. The van der Waals surface area contributed by atoms with Crippen LogP contribution >= 0.6 is 11.3 Å². The molecule has 1 amide bonds. The lowest BCUT2D eigenvalue weighted by molar-refractivity contribution is -0.118. The number of fused-ring (bicyclic) bond motifs is 1. The van der Waals surface area contributed by atoms with Crippen LogP contribution in [0.1, 0.15) is 70.7 Å². The average molecular weight is 661 g/mol. The highest BCUT2D eigenvalue weighted by atomic mass is 32.1. The molecule has 1 unspecified atom stereocenters. The number of hydrogen-bond acceptors (Lipinski definition) is 10. The van der Waals surface area contributed by atoms with E-state index in [2.05, 4.69) is 39.7 Å². The fourth-order valence-corrected chi connectivity index (χ4v) is 7.73. The zero-order valence-electron chi connectivity index (χ0n) is 26.8. The van der Waals surface area contributed by atoms with Crippen LogP contribution in [0, 0.1) is 5.92 Å². The van der Waals surface area contributed by atoms with Crippen molar-refractivity contribution >= 4 is 22.9 Å². The van der Waals surface area contributed by atoms with Gasteiger partial charge < -0.3 is 40.0 Å². The van der Waals surface area contributed by atoms with Gasteiger partial charge in [0, 0.05) is 53.8 Å². The van der Waals surface area contributed by atoms with E-state index in [-0.39, 0.29) is 29.9 Å². The van der Waals surface area contributed by atoms with Gasteiger partial charge in [-0.3, -0.25) is 4.79 Å². The number of hydrogen-bond donors (Lipinski definition) is 5.